The molecule has 16 heteroatoms. The van der Waals surface area contributed by atoms with Gasteiger partial charge in [0.2, 0.25) is 12.2 Å². The van der Waals surface area contributed by atoms with Crippen molar-refractivity contribution in [3.63, 3.8) is 0 Å². The fourth-order valence-corrected chi connectivity index (χ4v) is 6.66. The van der Waals surface area contributed by atoms with Crippen molar-refractivity contribution >= 4 is 58.4 Å². The molecule has 2 aliphatic rings. The number of Topliss-reactive ketones (excluding diaryl/α,β-unsaturated/α-hetero) is 1. The van der Waals surface area contributed by atoms with E-state index in [4.69, 9.17) is 82.8 Å². The van der Waals surface area contributed by atoms with Gasteiger partial charge >= 0.3 is 11.9 Å². The zero-order valence-corrected chi connectivity index (χ0v) is 34.8. The third-order valence-corrected chi connectivity index (χ3v) is 9.86. The lowest BCUT2D eigenvalue weighted by Crippen LogP contribution is -2.65. The lowest BCUT2D eigenvalue weighted by molar-refractivity contribution is -0.359. The van der Waals surface area contributed by atoms with Gasteiger partial charge in [-0.05, 0) is 37.5 Å². The van der Waals surface area contributed by atoms with Crippen LogP contribution in [0.3, 0.4) is 0 Å². The van der Waals surface area contributed by atoms with Crippen LogP contribution in [0.5, 0.6) is 0 Å². The number of nitrogens with one attached hydrogen (secondary N) is 1. The largest absolute Gasteiger partial charge is 0.454 e. The number of ether oxygens (including phenoxy) is 9. The van der Waals surface area contributed by atoms with Gasteiger partial charge in [0.25, 0.3) is 3.79 Å². The van der Waals surface area contributed by atoms with Crippen molar-refractivity contribution < 1.29 is 57.0 Å². The van der Waals surface area contributed by atoms with Gasteiger partial charge in [-0.1, -0.05) is 126 Å². The fraction of sp³-hybridized carbons (Fsp3) is 0.476. The molecule has 10 atom stereocenters. The molecule has 2 fully saturated rings. The second-order valence-electron chi connectivity index (χ2n) is 14.0. The van der Waals surface area contributed by atoms with Gasteiger partial charge in [-0.3, -0.25) is 15.0 Å². The topological polar surface area (TPSA) is 158 Å². The monoisotopic (exact) mass is 863 g/mol. The van der Waals surface area contributed by atoms with Gasteiger partial charge in [0.15, 0.2) is 18.5 Å². The van der Waals surface area contributed by atoms with Crippen molar-refractivity contribution in [2.24, 2.45) is 0 Å². The summed E-state index contributed by atoms with van der Waals surface area (Å²) in [6.07, 6.45) is -11.7. The number of rotatable bonds is 17. The first kappa shape index (κ1) is 45.5. The molecule has 314 valence electrons. The number of benzene rings is 3. The number of alkyl halides is 3. The minimum absolute atomic E-state index is 0.0621. The Balaban J connectivity index is 1.55. The van der Waals surface area contributed by atoms with Crippen LogP contribution in [-0.2, 0) is 76.8 Å². The summed E-state index contributed by atoms with van der Waals surface area (Å²) in [5.74, 6) is -2.48. The van der Waals surface area contributed by atoms with Gasteiger partial charge < -0.3 is 47.4 Å². The normalized spacial score (nSPS) is 27.3. The molecule has 0 amide bonds. The minimum atomic E-state index is -2.29. The highest BCUT2D eigenvalue weighted by Crippen LogP contribution is 2.37. The van der Waals surface area contributed by atoms with Crippen LogP contribution in [-0.4, -0.2) is 88.8 Å². The maximum atomic E-state index is 13.5. The molecule has 0 saturated carbocycles. The molecule has 0 radical (unpaired) electrons. The molecule has 0 bridgehead atoms. The van der Waals surface area contributed by atoms with Gasteiger partial charge in [0.1, 0.15) is 30.2 Å². The second kappa shape index (κ2) is 21.6. The van der Waals surface area contributed by atoms with Crippen LogP contribution < -0.4 is 0 Å². The Morgan fingerprint density at radius 2 is 1.02 bits per heavy atom. The van der Waals surface area contributed by atoms with E-state index in [-0.39, 0.29) is 38.4 Å². The van der Waals surface area contributed by atoms with E-state index in [1.165, 1.54) is 13.8 Å². The molecule has 3 aromatic rings. The highest BCUT2D eigenvalue weighted by atomic mass is 35.6. The Labute approximate surface area is 352 Å². The summed E-state index contributed by atoms with van der Waals surface area (Å²) >= 11 is 17.9. The van der Waals surface area contributed by atoms with Crippen molar-refractivity contribution in [2.45, 2.75) is 126 Å². The molecule has 0 spiro atoms. The molecule has 13 nitrogen and oxygen atoms in total. The van der Waals surface area contributed by atoms with Crippen LogP contribution >= 0.6 is 34.8 Å². The molecule has 58 heavy (non-hydrogen) atoms. The van der Waals surface area contributed by atoms with E-state index in [1.54, 1.807) is 13.8 Å². The summed E-state index contributed by atoms with van der Waals surface area (Å²) < 4.78 is 54.2. The van der Waals surface area contributed by atoms with E-state index in [1.807, 2.05) is 91.0 Å². The number of carbonyl (C=O) groups is 3. The molecule has 4 unspecified atom stereocenters. The van der Waals surface area contributed by atoms with Crippen LogP contribution in [0.25, 0.3) is 0 Å². The maximum Gasteiger partial charge on any atom is 0.306 e. The molecular weight excluding hydrogens is 817 g/mol. The lowest BCUT2D eigenvalue weighted by Gasteiger charge is -2.49. The second-order valence-corrected chi connectivity index (χ2v) is 16.3. The number of hydrogen-bond acceptors (Lipinski definition) is 13. The maximum absolute atomic E-state index is 13.5. The van der Waals surface area contributed by atoms with Gasteiger partial charge in [-0.25, -0.2) is 0 Å². The molecule has 1 N–H and O–H groups in total. The number of hydrogen-bond donors (Lipinski definition) is 1. The molecule has 2 saturated heterocycles. The van der Waals surface area contributed by atoms with E-state index in [2.05, 4.69) is 0 Å². The summed E-state index contributed by atoms with van der Waals surface area (Å²) in [5.41, 5.74) is 2.54. The smallest absolute Gasteiger partial charge is 0.306 e. The van der Waals surface area contributed by atoms with Crippen molar-refractivity contribution in [1.29, 1.82) is 5.41 Å². The first-order valence-corrected chi connectivity index (χ1v) is 19.9. The Kier molecular flexibility index (Phi) is 16.9. The first-order chi connectivity index (χ1) is 27.7. The Morgan fingerprint density at radius 3 is 1.47 bits per heavy atom. The molecule has 0 aliphatic carbocycles. The molecule has 5 rings (SSSR count). The van der Waals surface area contributed by atoms with Crippen LogP contribution in [0.1, 0.15) is 57.2 Å². The highest BCUT2D eigenvalue weighted by Gasteiger charge is 2.55. The summed E-state index contributed by atoms with van der Waals surface area (Å²) in [7, 11) is 0. The zero-order valence-electron chi connectivity index (χ0n) is 32.5. The van der Waals surface area contributed by atoms with Crippen LogP contribution in [0.4, 0.5) is 0 Å². The molecule has 3 aromatic carbocycles. The summed E-state index contributed by atoms with van der Waals surface area (Å²) in [6.45, 7) is 6.36. The zero-order chi connectivity index (χ0) is 41.8. The average Bonchev–Trinajstić information content (AvgIpc) is 3.18. The van der Waals surface area contributed by atoms with Gasteiger partial charge in [0, 0.05) is 13.3 Å². The van der Waals surface area contributed by atoms with E-state index in [0.717, 1.165) is 16.7 Å². The van der Waals surface area contributed by atoms with Gasteiger partial charge in [-0.2, -0.15) is 0 Å². The Bertz CT molecular complexity index is 1780. The first-order valence-electron chi connectivity index (χ1n) is 18.8. The molecule has 2 heterocycles. The summed E-state index contributed by atoms with van der Waals surface area (Å²) in [6, 6.07) is 28.2. The Morgan fingerprint density at radius 1 is 0.586 bits per heavy atom. The van der Waals surface area contributed by atoms with E-state index < -0.39 is 83.0 Å². The summed E-state index contributed by atoms with van der Waals surface area (Å²) in [5, 5.41) is 8.30. The van der Waals surface area contributed by atoms with Crippen LogP contribution in [0, 0.1) is 5.41 Å². The number of ketones is 1. The number of halogens is 3. The van der Waals surface area contributed by atoms with Gasteiger partial charge in [-0.15, -0.1) is 0 Å². The van der Waals surface area contributed by atoms with E-state index in [9.17, 15) is 14.4 Å². The van der Waals surface area contributed by atoms with Crippen LogP contribution in [0.15, 0.2) is 91.0 Å². The van der Waals surface area contributed by atoms with E-state index in [0.29, 0.717) is 0 Å². The van der Waals surface area contributed by atoms with Crippen molar-refractivity contribution in [1.82, 2.24) is 0 Å². The predicted molar refractivity (Wildman–Crippen MR) is 213 cm³/mol. The lowest BCUT2D eigenvalue weighted by atomic mass is 9.96. The quantitative estimate of drug-likeness (QED) is 0.0631. The van der Waals surface area contributed by atoms with Crippen molar-refractivity contribution in [3.05, 3.63) is 108 Å². The highest BCUT2D eigenvalue weighted by molar-refractivity contribution is 6.76. The van der Waals surface area contributed by atoms with Crippen LogP contribution in [0.2, 0.25) is 0 Å². The van der Waals surface area contributed by atoms with Crippen molar-refractivity contribution in [3.8, 4) is 0 Å². The molecular formula is C42H48Cl3NO12. The average molecular weight is 865 g/mol. The van der Waals surface area contributed by atoms with E-state index >= 15 is 0 Å². The summed E-state index contributed by atoms with van der Waals surface area (Å²) in [4.78, 5) is 38.1. The fourth-order valence-electron chi connectivity index (χ4n) is 6.52. The van der Waals surface area contributed by atoms with Crippen molar-refractivity contribution in [2.75, 3.05) is 0 Å². The number of esters is 2. The molecule has 2 aliphatic heterocycles. The van der Waals surface area contributed by atoms with Gasteiger partial charge in [0.05, 0.1) is 38.4 Å². The predicted octanol–water partition coefficient (Wildman–Crippen LogP) is 7.19. The SMILES string of the molecule is CC(=O)CCC(=O)O[C@H]1C(OCc2ccccc2)[C@@H](OCc2ccccc2)C(C)O[C@H]1OC1[C@@H](OCc2ccccc2)C(C)O[C@@H](OC(=N)C(Cl)(Cl)Cl)[C@H]1OC(C)=O. The minimum Gasteiger partial charge on any atom is -0.454 e. The Hall–Kier alpha value is -3.63. The number of carbonyl (C=O) groups excluding carboxylic acids is 3. The third kappa shape index (κ3) is 13.2. The molecule has 0 aromatic heterocycles. The third-order valence-electron chi connectivity index (χ3n) is 9.34. The standard InChI is InChI=1S/C42H48Cl3NO12/c1-25(47)20-21-32(49)56-37-35(52-24-31-18-12-7-13-19-31)33(50-22-29-14-8-5-9-15-29)26(2)53-39(37)57-36-34(51-23-30-16-10-6-11-17-30)27(3)54-40(38(36)55-28(4)48)58-41(46)42(43,44)45/h5-19,26-27,33-40,46H,20-24H2,1-4H3/t26?,27?,33-,34-,35?,36?,37-,38-,39-,40-/m0/s1.